The third kappa shape index (κ3) is 3.89. The molecule has 1 saturated heterocycles. The average molecular weight is 387 g/mol. The van der Waals surface area contributed by atoms with E-state index in [0.29, 0.717) is 15.0 Å². The summed E-state index contributed by atoms with van der Waals surface area (Å²) in [5.41, 5.74) is 0.826. The van der Waals surface area contributed by atoms with Crippen LogP contribution < -0.4 is 4.74 Å². The Bertz CT molecular complexity index is 856. The first-order chi connectivity index (χ1) is 12.5. The first-order valence-corrected chi connectivity index (χ1v) is 9.35. The topological polar surface area (TPSA) is 59.8 Å². The van der Waals surface area contributed by atoms with Gasteiger partial charge in [-0.3, -0.25) is 9.69 Å². The molecule has 5 nitrogen and oxygen atoms in total. The second-order valence-electron chi connectivity index (χ2n) is 5.74. The summed E-state index contributed by atoms with van der Waals surface area (Å²) in [6, 6.07) is 10.1. The van der Waals surface area contributed by atoms with Crippen LogP contribution in [0.5, 0.6) is 5.75 Å². The van der Waals surface area contributed by atoms with Crippen molar-refractivity contribution >= 4 is 46.3 Å². The van der Waals surface area contributed by atoms with Gasteiger partial charge < -0.3 is 9.15 Å². The standard InChI is InChI=1S/C19H17NO4S2/c1-3-12(2)20-17(21)16(26-19(20)25)11-13-6-8-14(9-7-13)24-18(22)15-5-4-10-23-15/h4-12H,3H2,1-2H3/b16-11-. The number of amides is 1. The zero-order valence-electron chi connectivity index (χ0n) is 14.3. The zero-order chi connectivity index (χ0) is 18.7. The van der Waals surface area contributed by atoms with Crippen LogP contribution in [-0.2, 0) is 4.79 Å². The molecule has 26 heavy (non-hydrogen) atoms. The van der Waals surface area contributed by atoms with Crippen molar-refractivity contribution in [2.24, 2.45) is 0 Å². The molecule has 0 aliphatic carbocycles. The molecule has 0 bridgehead atoms. The Morgan fingerprint density at radius 1 is 1.35 bits per heavy atom. The van der Waals surface area contributed by atoms with E-state index in [0.717, 1.165) is 12.0 Å². The van der Waals surface area contributed by atoms with Gasteiger partial charge in [-0.25, -0.2) is 4.79 Å². The van der Waals surface area contributed by atoms with Crippen LogP contribution in [0.25, 0.3) is 6.08 Å². The Labute approximate surface area is 161 Å². The molecule has 0 spiro atoms. The monoisotopic (exact) mass is 387 g/mol. The van der Waals surface area contributed by atoms with Crippen LogP contribution in [0.4, 0.5) is 0 Å². The summed E-state index contributed by atoms with van der Waals surface area (Å²) in [6.45, 7) is 4.01. The third-order valence-corrected chi connectivity index (χ3v) is 5.30. The van der Waals surface area contributed by atoms with E-state index in [1.165, 1.54) is 24.1 Å². The van der Waals surface area contributed by atoms with Crippen molar-refractivity contribution in [2.75, 3.05) is 0 Å². The lowest BCUT2D eigenvalue weighted by atomic mass is 10.2. The number of carbonyl (C=O) groups excluding carboxylic acids is 2. The van der Waals surface area contributed by atoms with E-state index in [4.69, 9.17) is 21.4 Å². The lowest BCUT2D eigenvalue weighted by molar-refractivity contribution is -0.123. The first-order valence-electron chi connectivity index (χ1n) is 8.12. The van der Waals surface area contributed by atoms with E-state index in [1.807, 2.05) is 13.8 Å². The molecular weight excluding hydrogens is 370 g/mol. The minimum absolute atomic E-state index is 0.0670. The predicted molar refractivity (Wildman–Crippen MR) is 105 cm³/mol. The summed E-state index contributed by atoms with van der Waals surface area (Å²) >= 11 is 6.63. The number of benzene rings is 1. The van der Waals surface area contributed by atoms with E-state index >= 15 is 0 Å². The van der Waals surface area contributed by atoms with Gasteiger partial charge in [0.1, 0.15) is 10.1 Å². The quantitative estimate of drug-likeness (QED) is 0.326. The van der Waals surface area contributed by atoms with Gasteiger partial charge >= 0.3 is 5.97 Å². The van der Waals surface area contributed by atoms with E-state index in [9.17, 15) is 9.59 Å². The average Bonchev–Trinajstić information content (AvgIpc) is 3.25. The smallest absolute Gasteiger partial charge is 0.379 e. The van der Waals surface area contributed by atoms with E-state index < -0.39 is 5.97 Å². The number of hydrogen-bond acceptors (Lipinski definition) is 6. The van der Waals surface area contributed by atoms with Crippen molar-refractivity contribution in [3.05, 3.63) is 58.9 Å². The number of esters is 1. The fourth-order valence-corrected chi connectivity index (χ4v) is 3.84. The molecule has 3 rings (SSSR count). The van der Waals surface area contributed by atoms with Crippen LogP contribution in [-0.4, -0.2) is 27.1 Å². The number of furan rings is 1. The van der Waals surface area contributed by atoms with Crippen LogP contribution in [0.1, 0.15) is 36.4 Å². The van der Waals surface area contributed by atoms with Gasteiger partial charge in [0.2, 0.25) is 5.76 Å². The number of thioether (sulfide) groups is 1. The van der Waals surface area contributed by atoms with Crippen molar-refractivity contribution in [1.29, 1.82) is 0 Å². The molecular formula is C19H17NO4S2. The van der Waals surface area contributed by atoms with Crippen molar-refractivity contribution in [1.82, 2.24) is 4.90 Å². The Kier molecular flexibility index (Phi) is 5.58. The molecule has 1 atom stereocenters. The number of rotatable bonds is 5. The SMILES string of the molecule is CCC(C)N1C(=O)/C(=C/c2ccc(OC(=O)c3ccco3)cc2)SC1=S. The van der Waals surface area contributed by atoms with Crippen LogP contribution in [0, 0.1) is 0 Å². The Morgan fingerprint density at radius 3 is 2.69 bits per heavy atom. The van der Waals surface area contributed by atoms with Crippen molar-refractivity contribution in [2.45, 2.75) is 26.3 Å². The second kappa shape index (κ2) is 7.88. The maximum atomic E-state index is 12.5. The highest BCUT2D eigenvalue weighted by Crippen LogP contribution is 2.34. The molecule has 1 aromatic carbocycles. The minimum atomic E-state index is -0.558. The number of ether oxygens (including phenoxy) is 1. The molecule has 1 fully saturated rings. The van der Waals surface area contributed by atoms with Crippen molar-refractivity contribution < 1.29 is 18.7 Å². The maximum Gasteiger partial charge on any atom is 0.379 e. The molecule has 1 aliphatic heterocycles. The van der Waals surface area contributed by atoms with Gasteiger partial charge in [0, 0.05) is 6.04 Å². The summed E-state index contributed by atoms with van der Waals surface area (Å²) in [5, 5.41) is 0. The summed E-state index contributed by atoms with van der Waals surface area (Å²) < 4.78 is 10.8. The van der Waals surface area contributed by atoms with Crippen LogP contribution in [0.3, 0.4) is 0 Å². The van der Waals surface area contributed by atoms with Gasteiger partial charge in [-0.2, -0.15) is 0 Å². The molecule has 0 saturated carbocycles. The summed E-state index contributed by atoms with van der Waals surface area (Å²) in [6.07, 6.45) is 4.05. The highest BCUT2D eigenvalue weighted by Gasteiger charge is 2.34. The normalized spacial score (nSPS) is 17.0. The lowest BCUT2D eigenvalue weighted by Crippen LogP contribution is -2.36. The molecule has 7 heteroatoms. The summed E-state index contributed by atoms with van der Waals surface area (Å²) in [4.78, 5) is 26.6. The number of nitrogens with zero attached hydrogens (tertiary/aromatic N) is 1. The Morgan fingerprint density at radius 2 is 2.08 bits per heavy atom. The van der Waals surface area contributed by atoms with Crippen LogP contribution >= 0.6 is 24.0 Å². The molecule has 1 aliphatic rings. The van der Waals surface area contributed by atoms with Crippen molar-refractivity contribution in [3.8, 4) is 5.75 Å². The molecule has 134 valence electrons. The van der Waals surface area contributed by atoms with Crippen LogP contribution in [0.2, 0.25) is 0 Å². The second-order valence-corrected chi connectivity index (χ2v) is 7.42. The first kappa shape index (κ1) is 18.4. The van der Waals surface area contributed by atoms with E-state index in [-0.39, 0.29) is 17.7 Å². The Balaban J connectivity index is 1.71. The van der Waals surface area contributed by atoms with Crippen LogP contribution in [0.15, 0.2) is 52.0 Å². The molecule has 1 aromatic heterocycles. The highest BCUT2D eigenvalue weighted by molar-refractivity contribution is 8.26. The van der Waals surface area contributed by atoms with E-state index in [1.54, 1.807) is 41.3 Å². The summed E-state index contributed by atoms with van der Waals surface area (Å²) in [5.74, 6) is -0.0849. The fraction of sp³-hybridized carbons (Fsp3) is 0.211. The van der Waals surface area contributed by atoms with E-state index in [2.05, 4.69) is 0 Å². The summed E-state index contributed by atoms with van der Waals surface area (Å²) in [7, 11) is 0. The number of carbonyl (C=O) groups is 2. The molecule has 0 radical (unpaired) electrons. The molecule has 2 aromatic rings. The fourth-order valence-electron chi connectivity index (χ4n) is 2.38. The van der Waals surface area contributed by atoms with Gasteiger partial charge in [0.05, 0.1) is 11.2 Å². The van der Waals surface area contributed by atoms with Gasteiger partial charge in [0.15, 0.2) is 0 Å². The largest absolute Gasteiger partial charge is 0.457 e. The third-order valence-electron chi connectivity index (χ3n) is 3.97. The maximum absolute atomic E-state index is 12.5. The molecule has 2 heterocycles. The van der Waals surface area contributed by atoms with Gasteiger partial charge in [-0.1, -0.05) is 43.0 Å². The van der Waals surface area contributed by atoms with Gasteiger partial charge in [-0.05, 0) is 49.2 Å². The molecule has 1 amide bonds. The molecule has 0 N–H and O–H groups in total. The number of hydrogen-bond donors (Lipinski definition) is 0. The van der Waals surface area contributed by atoms with Gasteiger partial charge in [0.25, 0.3) is 5.91 Å². The van der Waals surface area contributed by atoms with Crippen molar-refractivity contribution in [3.63, 3.8) is 0 Å². The Hall–Kier alpha value is -2.38. The highest BCUT2D eigenvalue weighted by atomic mass is 32.2. The minimum Gasteiger partial charge on any atom is -0.457 e. The lowest BCUT2D eigenvalue weighted by Gasteiger charge is -2.21. The zero-order valence-corrected chi connectivity index (χ0v) is 15.9. The van der Waals surface area contributed by atoms with Gasteiger partial charge in [-0.15, -0.1) is 0 Å². The predicted octanol–water partition coefficient (Wildman–Crippen LogP) is 4.50. The number of thiocarbonyl (C=S) groups is 1. The molecule has 1 unspecified atom stereocenters.